The van der Waals surface area contributed by atoms with Gasteiger partial charge in [0.05, 0.1) is 12.7 Å². The van der Waals surface area contributed by atoms with E-state index in [2.05, 4.69) is 29.9 Å². The van der Waals surface area contributed by atoms with Gasteiger partial charge in [-0.15, -0.1) is 0 Å². The lowest BCUT2D eigenvalue weighted by Crippen LogP contribution is -2.22. The van der Waals surface area contributed by atoms with Crippen LogP contribution < -0.4 is 10.1 Å². The van der Waals surface area contributed by atoms with Crippen LogP contribution >= 0.6 is 0 Å². The van der Waals surface area contributed by atoms with Gasteiger partial charge in [0.1, 0.15) is 29.8 Å². The number of nitrogens with one attached hydrogen (secondary N) is 1. The van der Waals surface area contributed by atoms with Crippen molar-refractivity contribution < 1.29 is 23.8 Å². The molecule has 0 spiro atoms. The number of aromatic nitrogens is 2. The zero-order valence-electron chi connectivity index (χ0n) is 20.1. The summed E-state index contributed by atoms with van der Waals surface area (Å²) in [6, 6.07) is 9.31. The number of amides is 1. The van der Waals surface area contributed by atoms with Crippen LogP contribution in [0.15, 0.2) is 36.5 Å². The highest BCUT2D eigenvalue weighted by molar-refractivity contribution is 6.76. The molecule has 7 nitrogen and oxygen atoms in total. The Balaban J connectivity index is 1.68. The number of hydrogen-bond acceptors (Lipinski definition) is 5. The second kappa shape index (κ2) is 9.85. The number of aliphatic hydroxyl groups is 1. The number of hydrogen-bond donors (Lipinski definition) is 2. The SMILES string of the molecule is COc1cccc(F)c1-c1cn(COCC[Si](C)(C)C)c2nc(NC(=O)[C@@H]3C[C@H]3CO)ccc12. The van der Waals surface area contributed by atoms with E-state index in [1.807, 2.05) is 16.8 Å². The topological polar surface area (TPSA) is 85.6 Å². The van der Waals surface area contributed by atoms with Crippen molar-refractivity contribution in [3.8, 4) is 16.9 Å². The maximum absolute atomic E-state index is 14.9. The summed E-state index contributed by atoms with van der Waals surface area (Å²) >= 11 is 0. The maximum atomic E-state index is 14.9. The molecule has 0 unspecified atom stereocenters. The molecule has 0 aliphatic heterocycles. The number of carbonyl (C=O) groups is 1. The second-order valence-electron chi connectivity index (χ2n) is 10.0. The van der Waals surface area contributed by atoms with Crippen molar-refractivity contribution in [1.82, 2.24) is 9.55 Å². The summed E-state index contributed by atoms with van der Waals surface area (Å²) in [4.78, 5) is 17.1. The molecule has 0 bridgehead atoms. The first-order chi connectivity index (χ1) is 16.2. The Bertz CT molecular complexity index is 1190. The second-order valence-corrected chi connectivity index (χ2v) is 15.6. The van der Waals surface area contributed by atoms with Crippen molar-refractivity contribution in [1.29, 1.82) is 0 Å². The minimum absolute atomic E-state index is 0.00992. The van der Waals surface area contributed by atoms with Gasteiger partial charge in [0, 0.05) is 44.4 Å². The lowest BCUT2D eigenvalue weighted by Gasteiger charge is -2.15. The Hall–Kier alpha value is -2.75. The molecule has 0 radical (unpaired) electrons. The van der Waals surface area contributed by atoms with Gasteiger partial charge in [-0.05, 0) is 42.6 Å². The van der Waals surface area contributed by atoms with E-state index < -0.39 is 8.07 Å². The molecule has 1 fully saturated rings. The summed E-state index contributed by atoms with van der Waals surface area (Å²) < 4.78 is 28.1. The first-order valence-corrected chi connectivity index (χ1v) is 15.2. The van der Waals surface area contributed by atoms with Crippen molar-refractivity contribution in [2.24, 2.45) is 11.8 Å². The molecule has 1 aromatic carbocycles. The van der Waals surface area contributed by atoms with E-state index in [-0.39, 0.29) is 36.9 Å². The van der Waals surface area contributed by atoms with Crippen LogP contribution in [0.2, 0.25) is 25.7 Å². The molecular formula is C25H32FN3O4Si. The van der Waals surface area contributed by atoms with Gasteiger partial charge in [0.2, 0.25) is 5.91 Å². The molecule has 1 aliphatic rings. The number of carbonyl (C=O) groups excluding carboxylic acids is 1. The summed E-state index contributed by atoms with van der Waals surface area (Å²) in [7, 11) is 0.275. The monoisotopic (exact) mass is 485 g/mol. The van der Waals surface area contributed by atoms with Crippen LogP contribution in [0.25, 0.3) is 22.2 Å². The lowest BCUT2D eigenvalue weighted by molar-refractivity contribution is -0.117. The number of nitrogens with zero attached hydrogens (tertiary/aromatic N) is 2. The van der Waals surface area contributed by atoms with E-state index in [1.54, 1.807) is 18.2 Å². The van der Waals surface area contributed by atoms with Crippen molar-refractivity contribution in [2.45, 2.75) is 38.8 Å². The number of fused-ring (bicyclic) bond motifs is 1. The maximum Gasteiger partial charge on any atom is 0.229 e. The van der Waals surface area contributed by atoms with Crippen LogP contribution in [0, 0.1) is 17.7 Å². The van der Waals surface area contributed by atoms with Gasteiger partial charge in [-0.2, -0.15) is 0 Å². The average molecular weight is 486 g/mol. The molecule has 1 amide bonds. The van der Waals surface area contributed by atoms with Gasteiger partial charge < -0.3 is 24.5 Å². The number of aliphatic hydroxyl groups excluding tert-OH is 1. The largest absolute Gasteiger partial charge is 0.496 e. The van der Waals surface area contributed by atoms with Crippen molar-refractivity contribution >= 4 is 30.8 Å². The third-order valence-electron chi connectivity index (χ3n) is 6.16. The van der Waals surface area contributed by atoms with Crippen LogP contribution in [0.5, 0.6) is 5.75 Å². The predicted molar refractivity (Wildman–Crippen MR) is 133 cm³/mol. The normalized spacial score (nSPS) is 17.7. The fraction of sp³-hybridized carbons (Fsp3) is 0.440. The number of methoxy groups -OCH3 is 1. The van der Waals surface area contributed by atoms with E-state index in [0.29, 0.717) is 41.4 Å². The van der Waals surface area contributed by atoms with Gasteiger partial charge in [-0.25, -0.2) is 9.37 Å². The Labute approximate surface area is 199 Å². The Morgan fingerprint density at radius 1 is 1.29 bits per heavy atom. The molecular weight excluding hydrogens is 453 g/mol. The van der Waals surface area contributed by atoms with E-state index in [9.17, 15) is 14.3 Å². The van der Waals surface area contributed by atoms with E-state index in [1.165, 1.54) is 13.2 Å². The number of pyridine rings is 1. The number of ether oxygens (including phenoxy) is 2. The molecule has 2 atom stereocenters. The van der Waals surface area contributed by atoms with Gasteiger partial charge in [-0.3, -0.25) is 4.79 Å². The first-order valence-electron chi connectivity index (χ1n) is 11.5. The Morgan fingerprint density at radius 3 is 2.76 bits per heavy atom. The van der Waals surface area contributed by atoms with E-state index in [4.69, 9.17) is 9.47 Å². The van der Waals surface area contributed by atoms with Gasteiger partial charge in [0.25, 0.3) is 0 Å². The fourth-order valence-electron chi connectivity index (χ4n) is 4.00. The van der Waals surface area contributed by atoms with Crippen LogP contribution in [-0.4, -0.2) is 49.0 Å². The summed E-state index contributed by atoms with van der Waals surface area (Å²) in [6.45, 7) is 7.78. The molecule has 2 aromatic heterocycles. The van der Waals surface area contributed by atoms with Crippen LogP contribution in [0.4, 0.5) is 10.2 Å². The molecule has 2 heterocycles. The summed E-state index contributed by atoms with van der Waals surface area (Å²) in [5.74, 6) is 0.143. The molecule has 182 valence electrons. The summed E-state index contributed by atoms with van der Waals surface area (Å²) in [6.07, 6.45) is 2.50. The van der Waals surface area contributed by atoms with Crippen LogP contribution in [0.3, 0.4) is 0 Å². The Morgan fingerprint density at radius 2 is 2.09 bits per heavy atom. The number of rotatable bonds is 10. The number of benzene rings is 1. The van der Waals surface area contributed by atoms with Gasteiger partial charge >= 0.3 is 0 Å². The number of anilines is 1. The minimum atomic E-state index is -1.24. The molecule has 34 heavy (non-hydrogen) atoms. The molecule has 0 saturated heterocycles. The third kappa shape index (κ3) is 5.32. The highest BCUT2D eigenvalue weighted by atomic mass is 28.3. The molecule has 1 aliphatic carbocycles. The Kier molecular flexibility index (Phi) is 7.06. The lowest BCUT2D eigenvalue weighted by atomic mass is 10.0. The fourth-order valence-corrected chi connectivity index (χ4v) is 4.75. The molecule has 9 heteroatoms. The standard InChI is InChI=1S/C25H32FN3O4Si/c1-32-21-7-5-6-20(26)23(21)19-13-29(15-33-10-11-34(2,3)4)24-17(19)8-9-22(27-24)28-25(31)18-12-16(18)14-30/h5-9,13,16,18,30H,10-12,14-15H2,1-4H3,(H,27,28,31)/t16-,18+/m0/s1. The molecule has 3 aromatic rings. The first kappa shape index (κ1) is 24.4. The highest BCUT2D eigenvalue weighted by Crippen LogP contribution is 2.40. The highest BCUT2D eigenvalue weighted by Gasteiger charge is 2.42. The van der Waals surface area contributed by atoms with Crippen molar-refractivity contribution in [3.63, 3.8) is 0 Å². The van der Waals surface area contributed by atoms with Gasteiger partial charge in [-0.1, -0.05) is 25.7 Å². The quantitative estimate of drug-likeness (QED) is 0.320. The predicted octanol–water partition coefficient (Wildman–Crippen LogP) is 4.73. The summed E-state index contributed by atoms with van der Waals surface area (Å²) in [5.41, 5.74) is 1.59. The van der Waals surface area contributed by atoms with Crippen LogP contribution in [-0.2, 0) is 16.3 Å². The molecule has 2 N–H and O–H groups in total. The average Bonchev–Trinajstić information content (AvgIpc) is 3.51. The zero-order chi connectivity index (χ0) is 24.5. The molecule has 4 rings (SSSR count). The van der Waals surface area contributed by atoms with Crippen LogP contribution in [0.1, 0.15) is 6.42 Å². The smallest absolute Gasteiger partial charge is 0.229 e. The third-order valence-corrected chi connectivity index (χ3v) is 7.86. The van der Waals surface area contributed by atoms with Crippen molar-refractivity contribution in [3.05, 3.63) is 42.3 Å². The van der Waals surface area contributed by atoms with E-state index in [0.717, 1.165) is 11.4 Å². The number of halogens is 1. The van der Waals surface area contributed by atoms with Crippen molar-refractivity contribution in [2.75, 3.05) is 25.6 Å². The summed E-state index contributed by atoms with van der Waals surface area (Å²) in [5, 5.41) is 12.8. The molecule has 1 saturated carbocycles. The zero-order valence-corrected chi connectivity index (χ0v) is 21.1. The van der Waals surface area contributed by atoms with E-state index >= 15 is 0 Å². The van der Waals surface area contributed by atoms with Gasteiger partial charge in [0.15, 0.2) is 0 Å². The minimum Gasteiger partial charge on any atom is -0.496 e.